The van der Waals surface area contributed by atoms with Crippen LogP contribution >= 0.6 is 0 Å². The Kier molecular flexibility index (Phi) is 5.30. The van der Waals surface area contributed by atoms with Crippen molar-refractivity contribution in [2.75, 3.05) is 5.73 Å². The number of benzene rings is 1. The number of anilines is 1. The Labute approximate surface area is 173 Å². The summed E-state index contributed by atoms with van der Waals surface area (Å²) in [6.07, 6.45) is 4.82. The summed E-state index contributed by atoms with van der Waals surface area (Å²) in [5, 5.41) is 7.17. The maximum atomic E-state index is 12.5. The summed E-state index contributed by atoms with van der Waals surface area (Å²) < 4.78 is 7.20. The number of nitrogens with two attached hydrogens (primary N) is 1. The first kappa shape index (κ1) is 19.4. The molecule has 1 aromatic carbocycles. The maximum Gasteiger partial charge on any atom is 0.254 e. The van der Waals surface area contributed by atoms with E-state index in [9.17, 15) is 4.79 Å². The molecule has 0 unspecified atom stereocenters. The van der Waals surface area contributed by atoms with Crippen LogP contribution in [0.1, 0.15) is 32.9 Å². The highest BCUT2D eigenvalue weighted by Gasteiger charge is 2.13. The molecule has 0 fully saturated rings. The van der Waals surface area contributed by atoms with E-state index in [1.165, 1.54) is 6.20 Å². The van der Waals surface area contributed by atoms with Gasteiger partial charge in [-0.05, 0) is 43.2 Å². The Morgan fingerprint density at radius 1 is 1.20 bits per heavy atom. The number of nitrogens with zero attached hydrogens (tertiary/aromatic N) is 4. The van der Waals surface area contributed by atoms with Crippen molar-refractivity contribution in [2.24, 2.45) is 0 Å². The summed E-state index contributed by atoms with van der Waals surface area (Å²) in [6.45, 7) is 4.61. The van der Waals surface area contributed by atoms with Gasteiger partial charge in [-0.2, -0.15) is 5.10 Å². The second kappa shape index (κ2) is 8.20. The van der Waals surface area contributed by atoms with Crippen LogP contribution in [0.5, 0.6) is 0 Å². The van der Waals surface area contributed by atoms with Gasteiger partial charge in [-0.1, -0.05) is 18.2 Å². The lowest BCUT2D eigenvalue weighted by molar-refractivity contribution is 0.0950. The quantitative estimate of drug-likeness (QED) is 0.512. The summed E-state index contributed by atoms with van der Waals surface area (Å²) in [7, 11) is 0. The van der Waals surface area contributed by atoms with E-state index in [-0.39, 0.29) is 5.91 Å². The summed E-state index contributed by atoms with van der Waals surface area (Å²) in [4.78, 5) is 21.3. The number of aryl methyl sites for hydroxylation is 2. The van der Waals surface area contributed by atoms with E-state index in [0.29, 0.717) is 30.4 Å². The number of carbonyl (C=O) groups excluding carboxylic acids is 1. The summed E-state index contributed by atoms with van der Waals surface area (Å²) >= 11 is 0. The normalized spacial score (nSPS) is 10.9. The number of amides is 1. The van der Waals surface area contributed by atoms with Crippen LogP contribution in [0.25, 0.3) is 11.5 Å². The summed E-state index contributed by atoms with van der Waals surface area (Å²) in [6, 6.07) is 11.5. The van der Waals surface area contributed by atoms with Crippen molar-refractivity contribution in [3.63, 3.8) is 0 Å². The molecule has 1 amide bonds. The number of nitrogen functional groups attached to an aromatic ring is 1. The zero-order chi connectivity index (χ0) is 21.1. The topological polar surface area (TPSA) is 112 Å². The van der Waals surface area contributed by atoms with Crippen LogP contribution in [0.4, 0.5) is 5.82 Å². The first-order chi connectivity index (χ1) is 14.5. The molecule has 0 aliphatic carbocycles. The van der Waals surface area contributed by atoms with Crippen molar-refractivity contribution in [1.82, 2.24) is 25.1 Å². The van der Waals surface area contributed by atoms with Crippen LogP contribution in [0.3, 0.4) is 0 Å². The number of pyridine rings is 1. The van der Waals surface area contributed by atoms with E-state index < -0.39 is 0 Å². The van der Waals surface area contributed by atoms with Gasteiger partial charge in [0.2, 0.25) is 5.89 Å². The van der Waals surface area contributed by atoms with E-state index in [4.69, 9.17) is 10.2 Å². The van der Waals surface area contributed by atoms with Gasteiger partial charge in [0.1, 0.15) is 17.8 Å². The first-order valence-corrected chi connectivity index (χ1v) is 9.52. The van der Waals surface area contributed by atoms with Crippen molar-refractivity contribution >= 4 is 11.7 Å². The van der Waals surface area contributed by atoms with Gasteiger partial charge in [0, 0.05) is 24.0 Å². The fourth-order valence-electron chi connectivity index (χ4n) is 3.25. The van der Waals surface area contributed by atoms with E-state index in [1.54, 1.807) is 23.2 Å². The highest BCUT2D eigenvalue weighted by Crippen LogP contribution is 2.18. The van der Waals surface area contributed by atoms with Crippen LogP contribution in [0, 0.1) is 13.8 Å². The molecule has 0 saturated heterocycles. The van der Waals surface area contributed by atoms with Gasteiger partial charge in [-0.15, -0.1) is 0 Å². The van der Waals surface area contributed by atoms with Crippen LogP contribution < -0.4 is 11.1 Å². The molecule has 4 aromatic rings. The minimum Gasteiger partial charge on any atom is -0.444 e. The van der Waals surface area contributed by atoms with Gasteiger partial charge >= 0.3 is 0 Å². The number of nitrogens with one attached hydrogen (secondary N) is 1. The number of rotatable bonds is 6. The highest BCUT2D eigenvalue weighted by molar-refractivity contribution is 5.93. The Morgan fingerprint density at radius 3 is 2.77 bits per heavy atom. The lowest BCUT2D eigenvalue weighted by Gasteiger charge is -2.10. The monoisotopic (exact) mass is 402 g/mol. The fraction of sp³-hybridized carbons (Fsp3) is 0.182. The Morgan fingerprint density at radius 2 is 2.00 bits per heavy atom. The van der Waals surface area contributed by atoms with Crippen LogP contribution in [0.15, 0.2) is 59.5 Å². The molecule has 3 aromatic heterocycles. The van der Waals surface area contributed by atoms with Gasteiger partial charge in [-0.3, -0.25) is 9.48 Å². The standard InChI is InChI=1S/C22H22N6O2/c1-14-8-20(23)26-15(2)19(14)10-24-21(29)17-9-25-28(11-17)12-18-13-30-22(27-18)16-6-4-3-5-7-16/h3-9,11,13H,10,12H2,1-2H3,(H2,23,26)(H,24,29). The molecule has 0 aliphatic rings. The number of hydrogen-bond acceptors (Lipinski definition) is 6. The van der Waals surface area contributed by atoms with Crippen molar-refractivity contribution in [3.8, 4) is 11.5 Å². The van der Waals surface area contributed by atoms with Gasteiger partial charge in [-0.25, -0.2) is 9.97 Å². The molecule has 8 nitrogen and oxygen atoms in total. The van der Waals surface area contributed by atoms with Crippen molar-refractivity contribution < 1.29 is 9.21 Å². The molecule has 30 heavy (non-hydrogen) atoms. The van der Waals surface area contributed by atoms with Crippen LogP contribution in [-0.2, 0) is 13.1 Å². The maximum absolute atomic E-state index is 12.5. The third-order valence-corrected chi connectivity index (χ3v) is 4.79. The minimum absolute atomic E-state index is 0.206. The molecule has 3 N–H and O–H groups in total. The molecule has 0 aliphatic heterocycles. The number of aromatic nitrogens is 4. The third-order valence-electron chi connectivity index (χ3n) is 4.79. The molecular formula is C22H22N6O2. The van der Waals surface area contributed by atoms with E-state index >= 15 is 0 Å². The van der Waals surface area contributed by atoms with Gasteiger partial charge in [0.15, 0.2) is 0 Å². The molecule has 4 rings (SSSR count). The fourth-order valence-corrected chi connectivity index (χ4v) is 3.25. The average molecular weight is 402 g/mol. The molecule has 0 bridgehead atoms. The second-order valence-corrected chi connectivity index (χ2v) is 7.05. The Balaban J connectivity index is 1.39. The van der Waals surface area contributed by atoms with Crippen molar-refractivity contribution in [3.05, 3.63) is 83.1 Å². The molecule has 152 valence electrons. The number of carbonyl (C=O) groups is 1. The van der Waals surface area contributed by atoms with Crippen molar-refractivity contribution in [2.45, 2.75) is 26.9 Å². The molecule has 0 spiro atoms. The molecule has 0 radical (unpaired) electrons. The summed E-state index contributed by atoms with van der Waals surface area (Å²) in [5.74, 6) is 0.824. The second-order valence-electron chi connectivity index (χ2n) is 7.05. The lowest BCUT2D eigenvalue weighted by atomic mass is 10.1. The van der Waals surface area contributed by atoms with E-state index in [1.807, 2.05) is 44.2 Å². The molecule has 8 heteroatoms. The molecular weight excluding hydrogens is 380 g/mol. The lowest BCUT2D eigenvalue weighted by Crippen LogP contribution is -2.23. The first-order valence-electron chi connectivity index (χ1n) is 9.52. The SMILES string of the molecule is Cc1cc(N)nc(C)c1CNC(=O)c1cnn(Cc2coc(-c3ccccc3)n2)c1. The summed E-state index contributed by atoms with van der Waals surface area (Å²) in [5.41, 5.74) is 10.6. The largest absolute Gasteiger partial charge is 0.444 e. The zero-order valence-electron chi connectivity index (χ0n) is 16.8. The van der Waals surface area contributed by atoms with E-state index in [2.05, 4.69) is 20.4 Å². The predicted octanol–water partition coefficient (Wildman–Crippen LogP) is 3.11. The molecule has 0 atom stereocenters. The van der Waals surface area contributed by atoms with Crippen LogP contribution in [0.2, 0.25) is 0 Å². The highest BCUT2D eigenvalue weighted by atomic mass is 16.3. The third kappa shape index (κ3) is 4.22. The average Bonchev–Trinajstić information content (AvgIpc) is 3.38. The van der Waals surface area contributed by atoms with Crippen LogP contribution in [-0.4, -0.2) is 25.7 Å². The Bertz CT molecular complexity index is 1160. The van der Waals surface area contributed by atoms with Gasteiger partial charge in [0.05, 0.1) is 18.3 Å². The minimum atomic E-state index is -0.206. The number of hydrogen-bond donors (Lipinski definition) is 2. The van der Waals surface area contributed by atoms with Gasteiger partial charge in [0.25, 0.3) is 5.91 Å². The predicted molar refractivity (Wildman–Crippen MR) is 113 cm³/mol. The zero-order valence-corrected chi connectivity index (χ0v) is 16.8. The Hall–Kier alpha value is -3.94. The smallest absolute Gasteiger partial charge is 0.254 e. The van der Waals surface area contributed by atoms with E-state index in [0.717, 1.165) is 28.1 Å². The number of oxazole rings is 1. The molecule has 0 saturated carbocycles. The molecule has 3 heterocycles. The van der Waals surface area contributed by atoms with Crippen molar-refractivity contribution in [1.29, 1.82) is 0 Å². The van der Waals surface area contributed by atoms with Gasteiger partial charge < -0.3 is 15.5 Å².